The second kappa shape index (κ2) is 7.62. The van der Waals surface area contributed by atoms with Gasteiger partial charge in [-0.25, -0.2) is 4.98 Å². The Labute approximate surface area is 159 Å². The smallest absolute Gasteiger partial charge is 0.246 e. The number of hydrogen-bond donors (Lipinski definition) is 0. The summed E-state index contributed by atoms with van der Waals surface area (Å²) in [6, 6.07) is 20.5. The molecule has 3 aromatic rings. The highest BCUT2D eigenvalue weighted by Gasteiger charge is 2.20. The minimum atomic E-state index is 0.0710. The number of carbonyl (C=O) groups excluding carboxylic acids is 1. The standard InChI is InChI=1S/C23H23N3O/c1-18-6-8-19(9-7-18)10-13-23(27)26-16-14-25(15-17-26)22-12-11-20-4-2-3-5-21(20)24-22/h2-13H,14-17H2,1H3/b13-10+. The fraction of sp³-hybridized carbons (Fsp3) is 0.217. The fourth-order valence-corrected chi connectivity index (χ4v) is 3.34. The summed E-state index contributed by atoms with van der Waals surface area (Å²) < 4.78 is 0. The summed E-state index contributed by atoms with van der Waals surface area (Å²) in [7, 11) is 0. The Morgan fingerprint density at radius 1 is 0.926 bits per heavy atom. The van der Waals surface area contributed by atoms with Crippen LogP contribution in [0.3, 0.4) is 0 Å². The van der Waals surface area contributed by atoms with E-state index in [9.17, 15) is 4.79 Å². The van der Waals surface area contributed by atoms with E-state index in [-0.39, 0.29) is 5.91 Å². The Morgan fingerprint density at radius 2 is 1.67 bits per heavy atom. The van der Waals surface area contributed by atoms with Gasteiger partial charge in [-0.15, -0.1) is 0 Å². The number of pyridine rings is 1. The van der Waals surface area contributed by atoms with E-state index in [1.807, 2.05) is 41.3 Å². The summed E-state index contributed by atoms with van der Waals surface area (Å²) >= 11 is 0. The van der Waals surface area contributed by atoms with Gasteiger partial charge in [-0.2, -0.15) is 0 Å². The molecule has 4 heteroatoms. The molecule has 4 nitrogen and oxygen atoms in total. The lowest BCUT2D eigenvalue weighted by Gasteiger charge is -2.35. The van der Waals surface area contributed by atoms with Crippen LogP contribution in [0.15, 0.2) is 66.7 Å². The number of fused-ring (bicyclic) bond motifs is 1. The van der Waals surface area contributed by atoms with Crippen molar-refractivity contribution in [3.05, 3.63) is 77.9 Å². The first-order chi connectivity index (χ1) is 13.2. The molecule has 2 aromatic carbocycles. The number of aryl methyl sites for hydroxylation is 1. The van der Waals surface area contributed by atoms with Crippen LogP contribution in [0, 0.1) is 6.92 Å². The van der Waals surface area contributed by atoms with Gasteiger partial charge < -0.3 is 9.80 Å². The number of piperazine rings is 1. The molecule has 1 aliphatic heterocycles. The molecule has 1 aliphatic rings. The van der Waals surface area contributed by atoms with Gasteiger partial charge in [-0.3, -0.25) is 4.79 Å². The maximum atomic E-state index is 12.5. The normalized spacial score (nSPS) is 14.9. The lowest BCUT2D eigenvalue weighted by molar-refractivity contribution is -0.126. The molecule has 0 radical (unpaired) electrons. The van der Waals surface area contributed by atoms with E-state index in [4.69, 9.17) is 4.98 Å². The number of amides is 1. The monoisotopic (exact) mass is 357 g/mol. The summed E-state index contributed by atoms with van der Waals surface area (Å²) in [5.74, 6) is 1.05. The van der Waals surface area contributed by atoms with E-state index in [1.165, 1.54) is 5.56 Å². The van der Waals surface area contributed by atoms with Crippen LogP contribution in [0.4, 0.5) is 5.82 Å². The van der Waals surface area contributed by atoms with Crippen LogP contribution < -0.4 is 4.90 Å². The van der Waals surface area contributed by atoms with Crippen LogP contribution in [0.25, 0.3) is 17.0 Å². The topological polar surface area (TPSA) is 36.4 Å². The lowest BCUT2D eigenvalue weighted by atomic mass is 10.1. The molecule has 136 valence electrons. The molecule has 0 bridgehead atoms. The zero-order valence-electron chi connectivity index (χ0n) is 15.5. The highest BCUT2D eigenvalue weighted by Crippen LogP contribution is 2.19. The Hall–Kier alpha value is -3.14. The van der Waals surface area contributed by atoms with Gasteiger partial charge in [0.1, 0.15) is 5.82 Å². The molecular weight excluding hydrogens is 334 g/mol. The molecule has 0 aliphatic carbocycles. The van der Waals surface area contributed by atoms with Gasteiger partial charge in [0.05, 0.1) is 5.52 Å². The second-order valence-electron chi connectivity index (χ2n) is 6.92. The van der Waals surface area contributed by atoms with Crippen LogP contribution in [0.5, 0.6) is 0 Å². The number of rotatable bonds is 3. The van der Waals surface area contributed by atoms with Crippen molar-refractivity contribution < 1.29 is 4.79 Å². The number of nitrogens with zero attached hydrogens (tertiary/aromatic N) is 3. The van der Waals surface area contributed by atoms with Crippen molar-refractivity contribution in [1.82, 2.24) is 9.88 Å². The lowest BCUT2D eigenvalue weighted by Crippen LogP contribution is -2.48. The number of aromatic nitrogens is 1. The molecule has 0 spiro atoms. The zero-order chi connectivity index (χ0) is 18.6. The third-order valence-electron chi connectivity index (χ3n) is 4.99. The summed E-state index contributed by atoms with van der Waals surface area (Å²) in [6.45, 7) is 5.09. The molecule has 0 N–H and O–H groups in total. The number of carbonyl (C=O) groups is 1. The van der Waals surface area contributed by atoms with Gasteiger partial charge >= 0.3 is 0 Å². The second-order valence-corrected chi connectivity index (χ2v) is 6.92. The molecule has 2 heterocycles. The summed E-state index contributed by atoms with van der Waals surface area (Å²) in [4.78, 5) is 21.4. The van der Waals surface area contributed by atoms with E-state index in [1.54, 1.807) is 6.08 Å². The molecule has 0 unspecified atom stereocenters. The Balaban J connectivity index is 1.37. The van der Waals surface area contributed by atoms with Gasteiger partial charge in [0.15, 0.2) is 0 Å². The minimum Gasteiger partial charge on any atom is -0.353 e. The molecular formula is C23H23N3O. The molecule has 1 amide bonds. The van der Waals surface area contributed by atoms with Crippen molar-refractivity contribution in [2.75, 3.05) is 31.1 Å². The van der Waals surface area contributed by atoms with Crippen molar-refractivity contribution in [2.24, 2.45) is 0 Å². The van der Waals surface area contributed by atoms with Crippen LogP contribution in [0.2, 0.25) is 0 Å². The summed E-state index contributed by atoms with van der Waals surface area (Å²) in [6.07, 6.45) is 3.56. The molecule has 27 heavy (non-hydrogen) atoms. The Morgan fingerprint density at radius 3 is 2.44 bits per heavy atom. The van der Waals surface area contributed by atoms with Gasteiger partial charge in [0.2, 0.25) is 5.91 Å². The molecule has 1 saturated heterocycles. The molecule has 0 atom stereocenters. The largest absolute Gasteiger partial charge is 0.353 e. The highest BCUT2D eigenvalue weighted by atomic mass is 16.2. The third kappa shape index (κ3) is 4.00. The number of anilines is 1. The van der Waals surface area contributed by atoms with Crippen molar-refractivity contribution in [3.63, 3.8) is 0 Å². The molecule has 4 rings (SSSR count). The van der Waals surface area contributed by atoms with E-state index in [2.05, 4.69) is 42.2 Å². The summed E-state index contributed by atoms with van der Waals surface area (Å²) in [5.41, 5.74) is 3.28. The van der Waals surface area contributed by atoms with E-state index < -0.39 is 0 Å². The molecule has 0 saturated carbocycles. The predicted octanol–water partition coefficient (Wildman–Crippen LogP) is 3.91. The van der Waals surface area contributed by atoms with Gasteiger partial charge in [0.25, 0.3) is 0 Å². The van der Waals surface area contributed by atoms with Gasteiger partial charge in [0, 0.05) is 37.6 Å². The van der Waals surface area contributed by atoms with Crippen molar-refractivity contribution >= 4 is 28.7 Å². The van der Waals surface area contributed by atoms with E-state index >= 15 is 0 Å². The van der Waals surface area contributed by atoms with Crippen molar-refractivity contribution in [2.45, 2.75) is 6.92 Å². The number of benzene rings is 2. The molecule has 1 fully saturated rings. The first-order valence-corrected chi connectivity index (χ1v) is 9.33. The minimum absolute atomic E-state index is 0.0710. The molecule has 1 aromatic heterocycles. The zero-order valence-corrected chi connectivity index (χ0v) is 15.5. The number of hydrogen-bond acceptors (Lipinski definition) is 3. The third-order valence-corrected chi connectivity index (χ3v) is 4.99. The summed E-state index contributed by atoms with van der Waals surface area (Å²) in [5, 5.41) is 1.15. The first-order valence-electron chi connectivity index (χ1n) is 9.33. The van der Waals surface area contributed by atoms with Crippen molar-refractivity contribution in [1.29, 1.82) is 0 Å². The van der Waals surface area contributed by atoms with Gasteiger partial charge in [-0.1, -0.05) is 48.0 Å². The van der Waals surface area contributed by atoms with E-state index in [0.29, 0.717) is 13.1 Å². The Kier molecular flexibility index (Phi) is 4.88. The van der Waals surface area contributed by atoms with Crippen LogP contribution in [0.1, 0.15) is 11.1 Å². The number of para-hydroxylation sites is 1. The van der Waals surface area contributed by atoms with Crippen molar-refractivity contribution in [3.8, 4) is 0 Å². The van der Waals surface area contributed by atoms with Gasteiger partial charge in [-0.05, 0) is 36.8 Å². The average molecular weight is 357 g/mol. The van der Waals surface area contributed by atoms with Crippen LogP contribution in [-0.4, -0.2) is 42.0 Å². The Bertz CT molecular complexity index is 970. The maximum Gasteiger partial charge on any atom is 0.246 e. The predicted molar refractivity (Wildman–Crippen MR) is 111 cm³/mol. The van der Waals surface area contributed by atoms with E-state index in [0.717, 1.165) is 35.4 Å². The van der Waals surface area contributed by atoms with Crippen LogP contribution in [-0.2, 0) is 4.79 Å². The maximum absolute atomic E-state index is 12.5. The highest BCUT2D eigenvalue weighted by molar-refractivity contribution is 5.92. The SMILES string of the molecule is Cc1ccc(/C=C/C(=O)N2CCN(c3ccc4ccccc4n3)CC2)cc1. The quantitative estimate of drug-likeness (QED) is 0.667. The first kappa shape index (κ1) is 17.3. The van der Waals surface area contributed by atoms with Crippen LogP contribution >= 0.6 is 0 Å². The average Bonchev–Trinajstić information content (AvgIpc) is 2.73. The fourth-order valence-electron chi connectivity index (χ4n) is 3.34.